The summed E-state index contributed by atoms with van der Waals surface area (Å²) in [6.07, 6.45) is -0.615. The molecule has 0 rings (SSSR count). The summed E-state index contributed by atoms with van der Waals surface area (Å²) in [6, 6.07) is 0. The Morgan fingerprint density at radius 2 is 1.21 bits per heavy atom. The Bertz CT molecular complexity index is 528. The van der Waals surface area contributed by atoms with Gasteiger partial charge in [-0.25, -0.2) is 0 Å². The molecule has 0 aromatic heterocycles. The van der Waals surface area contributed by atoms with Gasteiger partial charge >= 0.3 is 59.1 Å². The Morgan fingerprint density at radius 1 is 0.917 bits per heavy atom. The average molecular weight is 382 g/mol. The van der Waals surface area contributed by atoms with Crippen molar-refractivity contribution in [2.75, 3.05) is 0 Å². The molecule has 0 aromatic rings. The van der Waals surface area contributed by atoms with Gasteiger partial charge < -0.3 is 19.8 Å². The number of carboxylic acid groups (broad SMARTS) is 2. The number of hydrogen-bond donors (Lipinski definition) is 1. The maximum absolute atomic E-state index is 11.8. The topological polar surface area (TPSA) is 135 Å². The molecule has 130 valence electrons. The summed E-state index contributed by atoms with van der Waals surface area (Å²) < 4.78 is 32.4. The molecule has 0 saturated heterocycles. The molecule has 1 atom stereocenters. The summed E-state index contributed by atoms with van der Waals surface area (Å²) in [7, 11) is -5.19. The van der Waals surface area contributed by atoms with Crippen LogP contribution in [-0.4, -0.2) is 30.2 Å². The van der Waals surface area contributed by atoms with Crippen LogP contribution in [0.2, 0.25) is 0 Å². The minimum absolute atomic E-state index is 0. The van der Waals surface area contributed by atoms with E-state index in [9.17, 15) is 32.8 Å². The van der Waals surface area contributed by atoms with Gasteiger partial charge in [0.2, 0.25) is 0 Å². The minimum atomic E-state index is -5.19. The maximum Gasteiger partial charge on any atom is 1.00 e. The fourth-order valence-corrected chi connectivity index (χ4v) is 4.10. The van der Waals surface area contributed by atoms with E-state index in [2.05, 4.69) is 0 Å². The molecule has 0 spiro atoms. The molecule has 0 bridgehead atoms. The van der Waals surface area contributed by atoms with E-state index in [1.165, 1.54) is 0 Å². The molecule has 0 heterocycles. The molecule has 0 aromatic carbocycles. The van der Waals surface area contributed by atoms with Gasteiger partial charge in [-0.1, -0.05) is 41.5 Å². The van der Waals surface area contributed by atoms with Crippen molar-refractivity contribution in [3.8, 4) is 0 Å². The second-order valence-electron chi connectivity index (χ2n) is 8.13. The van der Waals surface area contributed by atoms with Gasteiger partial charge in [0, 0.05) is 11.4 Å². The van der Waals surface area contributed by atoms with Crippen LogP contribution in [0.5, 0.6) is 0 Å². The number of aliphatic carboxylic acids is 2. The van der Waals surface area contributed by atoms with E-state index in [0.717, 1.165) is 0 Å². The van der Waals surface area contributed by atoms with Crippen molar-refractivity contribution in [1.82, 2.24) is 0 Å². The van der Waals surface area contributed by atoms with E-state index in [1.807, 2.05) is 0 Å². The van der Waals surface area contributed by atoms with Crippen LogP contribution >= 0.6 is 0 Å². The van der Waals surface area contributed by atoms with Crippen LogP contribution in [0, 0.1) is 16.2 Å². The van der Waals surface area contributed by atoms with E-state index in [0.29, 0.717) is 0 Å². The first-order chi connectivity index (χ1) is 9.42. The van der Waals surface area contributed by atoms with Gasteiger partial charge in [-0.05, 0) is 23.7 Å². The Kier molecular flexibility index (Phi) is 12.0. The zero-order valence-corrected chi connectivity index (χ0v) is 20.6. The van der Waals surface area contributed by atoms with Crippen LogP contribution in [0.4, 0.5) is 0 Å². The molecule has 0 radical (unpaired) electrons. The van der Waals surface area contributed by atoms with Crippen LogP contribution < -0.4 is 69.3 Å². The van der Waals surface area contributed by atoms with Gasteiger partial charge in [0.05, 0.1) is 5.97 Å². The number of carboxylic acids is 2. The summed E-state index contributed by atoms with van der Waals surface area (Å²) in [5.41, 5.74) is -3.74. The van der Waals surface area contributed by atoms with Crippen molar-refractivity contribution in [2.45, 2.75) is 59.6 Å². The van der Waals surface area contributed by atoms with Crippen molar-refractivity contribution in [1.29, 1.82) is 0 Å². The fraction of sp³-hybridized carbons (Fsp3) is 0.857. The van der Waals surface area contributed by atoms with Crippen molar-refractivity contribution < 1.29 is 91.9 Å². The van der Waals surface area contributed by atoms with Gasteiger partial charge in [0.25, 0.3) is 10.1 Å². The maximum atomic E-state index is 11.8. The first-order valence-corrected chi connectivity index (χ1v) is 8.31. The summed E-state index contributed by atoms with van der Waals surface area (Å²) in [4.78, 5) is 23.1. The smallest absolute Gasteiger partial charge is 0.549 e. The molecule has 0 aliphatic rings. The van der Waals surface area contributed by atoms with Gasteiger partial charge in [0.1, 0.15) is 5.25 Å². The molecular formula is C14H24Na2O7S. The third-order valence-electron chi connectivity index (χ3n) is 3.11. The normalized spacial score (nSPS) is 14.1. The van der Waals surface area contributed by atoms with E-state index >= 15 is 0 Å². The van der Waals surface area contributed by atoms with Gasteiger partial charge in [-0.2, -0.15) is 8.42 Å². The molecule has 0 aliphatic heterocycles. The standard InChI is InChI=1S/C14H26O7S.2Na/c1-12(2,3)7-14(11(17)18,8-13(4,5)6)9(10(15)16)22(19,20)21;;/h9H,7-8H2,1-6H3,(H,15,16)(H,17,18)(H,19,20,21);;/q;2*+1/p-2. The molecular weight excluding hydrogens is 358 g/mol. The fourth-order valence-electron chi connectivity index (χ4n) is 3.02. The van der Waals surface area contributed by atoms with Crippen LogP contribution in [-0.2, 0) is 19.7 Å². The summed E-state index contributed by atoms with van der Waals surface area (Å²) in [6.45, 7) is 9.86. The quantitative estimate of drug-likeness (QED) is 0.357. The Balaban J connectivity index is -0.00000220. The van der Waals surface area contributed by atoms with Gasteiger partial charge in [-0.15, -0.1) is 0 Å². The molecule has 0 saturated carbocycles. The minimum Gasteiger partial charge on any atom is -0.549 e. The largest absolute Gasteiger partial charge is 1.00 e. The molecule has 0 fully saturated rings. The number of hydrogen-bond acceptors (Lipinski definition) is 6. The van der Waals surface area contributed by atoms with Crippen molar-refractivity contribution in [3.05, 3.63) is 0 Å². The second kappa shape index (κ2) is 9.69. The SMILES string of the molecule is CC(C)(C)CC(CC(C)(C)C)(C(=O)[O-])C(C(=O)[O-])S(=O)(=O)O.[Na+].[Na+]. The molecule has 0 amide bonds. The molecule has 1 unspecified atom stereocenters. The van der Waals surface area contributed by atoms with E-state index in [1.54, 1.807) is 41.5 Å². The van der Waals surface area contributed by atoms with Gasteiger partial charge in [-0.3, -0.25) is 4.55 Å². The second-order valence-corrected chi connectivity index (χ2v) is 9.63. The summed E-state index contributed by atoms with van der Waals surface area (Å²) >= 11 is 0. The molecule has 7 nitrogen and oxygen atoms in total. The van der Waals surface area contributed by atoms with Crippen LogP contribution in [0.1, 0.15) is 54.4 Å². The van der Waals surface area contributed by atoms with E-state index in [4.69, 9.17) is 0 Å². The van der Waals surface area contributed by atoms with Gasteiger partial charge in [0.15, 0.2) is 0 Å². The predicted octanol–water partition coefficient (Wildman–Crippen LogP) is -6.39. The summed E-state index contributed by atoms with van der Waals surface area (Å²) in [5.74, 6) is -3.98. The number of rotatable bonds is 6. The zero-order chi connectivity index (χ0) is 18.1. The van der Waals surface area contributed by atoms with Crippen molar-refractivity contribution in [3.63, 3.8) is 0 Å². The third kappa shape index (κ3) is 8.98. The molecule has 1 N–H and O–H groups in total. The first kappa shape index (κ1) is 29.6. The van der Waals surface area contributed by atoms with E-state index in [-0.39, 0.29) is 72.0 Å². The Hall–Kier alpha value is 0.850. The Morgan fingerprint density at radius 3 is 1.33 bits per heavy atom. The number of carbonyl (C=O) groups is 2. The molecule has 0 aliphatic carbocycles. The van der Waals surface area contributed by atoms with E-state index < -0.39 is 43.6 Å². The Labute approximate surface area is 188 Å². The molecule has 10 heteroatoms. The average Bonchev–Trinajstić information content (AvgIpc) is 2.06. The monoisotopic (exact) mass is 382 g/mol. The van der Waals surface area contributed by atoms with Crippen molar-refractivity contribution in [2.24, 2.45) is 16.2 Å². The van der Waals surface area contributed by atoms with Crippen molar-refractivity contribution >= 4 is 22.1 Å². The van der Waals surface area contributed by atoms with Crippen LogP contribution in [0.15, 0.2) is 0 Å². The zero-order valence-electron chi connectivity index (χ0n) is 15.8. The molecule has 24 heavy (non-hydrogen) atoms. The summed E-state index contributed by atoms with van der Waals surface area (Å²) in [5, 5.41) is 20.5. The predicted molar refractivity (Wildman–Crippen MR) is 75.9 cm³/mol. The first-order valence-electron chi connectivity index (χ1n) is 6.81. The van der Waals surface area contributed by atoms with Crippen LogP contribution in [0.3, 0.4) is 0 Å². The number of carbonyl (C=O) groups excluding carboxylic acids is 2. The third-order valence-corrected chi connectivity index (χ3v) is 4.35. The van der Waals surface area contributed by atoms with Crippen LogP contribution in [0.25, 0.3) is 0 Å².